The second kappa shape index (κ2) is 11.1. The zero-order valence-electron chi connectivity index (χ0n) is 25.3. The maximum absolute atomic E-state index is 13.9. The van der Waals surface area contributed by atoms with Gasteiger partial charge in [0.25, 0.3) is 5.91 Å². The Balaban J connectivity index is 1.49. The molecule has 0 spiro atoms. The number of ether oxygens (including phenoxy) is 4. The number of alkyl carbamates (subject to hydrolysis) is 1. The Labute approximate surface area is 253 Å². The number of hydrogen-bond donors (Lipinski definition) is 3. The molecule has 14 heteroatoms. The molecule has 2 amide bonds. The molecule has 2 fully saturated rings. The third-order valence-corrected chi connectivity index (χ3v) is 7.39. The lowest BCUT2D eigenvalue weighted by atomic mass is 9.91. The Morgan fingerprint density at radius 2 is 1.84 bits per heavy atom. The Hall–Kier alpha value is -4.16. The van der Waals surface area contributed by atoms with Gasteiger partial charge in [-0.3, -0.25) is 4.79 Å². The molecular formula is C30H35FN6O7. The summed E-state index contributed by atoms with van der Waals surface area (Å²) in [6.07, 6.45) is -2.06. The summed E-state index contributed by atoms with van der Waals surface area (Å²) in [5, 5.41) is 30.1. The average Bonchev–Trinajstić information content (AvgIpc) is 3.59. The molecule has 3 N–H and O–H groups in total. The smallest absolute Gasteiger partial charge is 0.408 e. The lowest BCUT2D eigenvalue weighted by Gasteiger charge is -2.31. The molecule has 0 saturated carbocycles. The number of carbonyl (C=O) groups excluding carboxylic acids is 2. The van der Waals surface area contributed by atoms with Gasteiger partial charge >= 0.3 is 6.09 Å². The highest BCUT2D eigenvalue weighted by molar-refractivity contribution is 6.01. The quantitative estimate of drug-likeness (QED) is 0.362. The summed E-state index contributed by atoms with van der Waals surface area (Å²) in [4.78, 5) is 30.9. The van der Waals surface area contributed by atoms with E-state index >= 15 is 0 Å². The van der Waals surface area contributed by atoms with Gasteiger partial charge in [-0.15, -0.1) is 0 Å². The normalized spacial score (nSPS) is 25.6. The topological polar surface area (TPSA) is 169 Å². The van der Waals surface area contributed by atoms with Crippen molar-refractivity contribution >= 4 is 23.3 Å². The van der Waals surface area contributed by atoms with Crippen molar-refractivity contribution in [1.29, 1.82) is 5.26 Å². The molecule has 1 aromatic carbocycles. The zero-order valence-corrected chi connectivity index (χ0v) is 25.3. The number of aliphatic hydroxyl groups excluding tert-OH is 1. The summed E-state index contributed by atoms with van der Waals surface area (Å²) in [5.74, 6) is -2.02. The van der Waals surface area contributed by atoms with Crippen molar-refractivity contribution in [3.05, 3.63) is 59.8 Å². The van der Waals surface area contributed by atoms with Crippen molar-refractivity contribution in [2.75, 3.05) is 11.9 Å². The van der Waals surface area contributed by atoms with Crippen molar-refractivity contribution in [2.24, 2.45) is 0 Å². The van der Waals surface area contributed by atoms with Crippen molar-refractivity contribution in [2.45, 2.75) is 88.8 Å². The fourth-order valence-electron chi connectivity index (χ4n) is 5.52. The average molecular weight is 611 g/mol. The number of aromatic nitrogens is 3. The minimum Gasteiger partial charge on any atom is -0.444 e. The molecule has 2 aromatic heterocycles. The van der Waals surface area contributed by atoms with Crippen LogP contribution in [0.25, 0.3) is 5.52 Å². The van der Waals surface area contributed by atoms with E-state index in [1.54, 1.807) is 46.8 Å². The van der Waals surface area contributed by atoms with Gasteiger partial charge < -0.3 is 34.7 Å². The number of amides is 2. The number of fused-ring (bicyclic) bond motifs is 2. The molecule has 0 unspecified atom stereocenters. The molecule has 13 nitrogen and oxygen atoms in total. The third kappa shape index (κ3) is 5.83. The minimum absolute atomic E-state index is 0.00386. The van der Waals surface area contributed by atoms with Crippen molar-refractivity contribution in [3.63, 3.8) is 0 Å². The largest absolute Gasteiger partial charge is 0.444 e. The molecule has 0 aliphatic carbocycles. The van der Waals surface area contributed by atoms with Crippen molar-refractivity contribution < 1.29 is 38.0 Å². The van der Waals surface area contributed by atoms with E-state index in [0.717, 1.165) is 0 Å². The van der Waals surface area contributed by atoms with Gasteiger partial charge in [-0.2, -0.15) is 10.4 Å². The highest BCUT2D eigenvalue weighted by Crippen LogP contribution is 2.49. The number of rotatable bonds is 7. The highest BCUT2D eigenvalue weighted by atomic mass is 19.1. The van der Waals surface area contributed by atoms with Crippen LogP contribution < -0.4 is 10.6 Å². The molecule has 0 bridgehead atoms. The number of nitriles is 1. The number of nitrogens with zero attached hydrogens (tertiary/aromatic N) is 4. The SMILES string of the molecule is CC(C)(C)OC(=O)N[C@](C)(Cc1ccc(F)cc1)C(=O)Nc1ncnn2c([C@]3(C#N)O[C@H](CO)[C@H]4OC(C)(C)O[C@H]43)ccc12. The summed E-state index contributed by atoms with van der Waals surface area (Å²) in [5.41, 5.74) is -2.92. The van der Waals surface area contributed by atoms with Crippen LogP contribution in [0, 0.1) is 17.1 Å². The van der Waals surface area contributed by atoms with Crippen LogP contribution >= 0.6 is 0 Å². The molecule has 2 aliphatic rings. The van der Waals surface area contributed by atoms with Crippen LogP contribution in [0.15, 0.2) is 42.7 Å². The molecule has 4 heterocycles. The molecule has 5 atom stereocenters. The number of carbonyl (C=O) groups is 2. The summed E-state index contributed by atoms with van der Waals surface area (Å²) in [6, 6.07) is 11.0. The standard InChI is InChI=1S/C30H35FN6O7/c1-27(2,3)44-26(40)36-29(6,13-17-7-9-18(31)10-8-17)25(39)35-24-19-11-12-21(37(19)34-16-33-24)30(15-32)23-22(20(14-38)41-30)42-28(4,5)43-23/h7-12,16,20,22-23,38H,13-14H2,1-6H3,(H,36,40)(H,33,34,35,39)/t20-,22-,23-,29-,30+/m1/s1. The number of nitrogens with one attached hydrogen (secondary N) is 2. The third-order valence-electron chi connectivity index (χ3n) is 7.39. The molecule has 44 heavy (non-hydrogen) atoms. The van der Waals surface area contributed by atoms with Crippen LogP contribution in [-0.2, 0) is 35.8 Å². The van der Waals surface area contributed by atoms with Gasteiger partial charge in [-0.05, 0) is 71.4 Å². The van der Waals surface area contributed by atoms with Crippen LogP contribution in [0.1, 0.15) is 52.8 Å². The van der Waals surface area contributed by atoms with Crippen molar-refractivity contribution in [1.82, 2.24) is 19.9 Å². The van der Waals surface area contributed by atoms with E-state index in [1.807, 2.05) is 0 Å². The Morgan fingerprint density at radius 3 is 2.48 bits per heavy atom. The summed E-state index contributed by atoms with van der Waals surface area (Å²) in [7, 11) is 0. The van der Waals surface area contributed by atoms with Crippen LogP contribution in [0.4, 0.5) is 15.0 Å². The predicted octanol–water partition coefficient (Wildman–Crippen LogP) is 2.96. The zero-order chi connectivity index (χ0) is 32.1. The highest BCUT2D eigenvalue weighted by Gasteiger charge is 2.65. The fourth-order valence-corrected chi connectivity index (χ4v) is 5.52. The van der Waals surface area contributed by atoms with Crippen LogP contribution in [0.5, 0.6) is 0 Å². The van der Waals surface area contributed by atoms with Crippen LogP contribution in [-0.4, -0.2) is 73.6 Å². The van der Waals surface area contributed by atoms with E-state index in [-0.39, 0.29) is 17.9 Å². The summed E-state index contributed by atoms with van der Waals surface area (Å²) >= 11 is 0. The summed E-state index contributed by atoms with van der Waals surface area (Å²) in [6.45, 7) is 9.63. The van der Waals surface area contributed by atoms with E-state index in [0.29, 0.717) is 11.1 Å². The minimum atomic E-state index is -1.71. The van der Waals surface area contributed by atoms with Gasteiger partial charge in [0.1, 0.15) is 53.2 Å². The van der Waals surface area contributed by atoms with Gasteiger partial charge in [0.15, 0.2) is 11.6 Å². The van der Waals surface area contributed by atoms with Crippen LogP contribution in [0.2, 0.25) is 0 Å². The number of anilines is 1. The number of aliphatic hydroxyl groups is 1. The number of hydrogen-bond acceptors (Lipinski definition) is 10. The van der Waals surface area contributed by atoms with Gasteiger partial charge in [0, 0.05) is 6.42 Å². The first-order chi connectivity index (χ1) is 20.6. The molecular weight excluding hydrogens is 575 g/mol. The van der Waals surface area contributed by atoms with E-state index in [4.69, 9.17) is 18.9 Å². The molecule has 2 saturated heterocycles. The molecule has 5 rings (SSSR count). The Morgan fingerprint density at radius 1 is 1.14 bits per heavy atom. The Kier molecular flexibility index (Phi) is 7.88. The first kappa shape index (κ1) is 31.3. The number of benzene rings is 1. The molecule has 0 radical (unpaired) electrons. The van der Waals surface area contributed by atoms with E-state index in [1.165, 1.54) is 42.0 Å². The van der Waals surface area contributed by atoms with Gasteiger partial charge in [0.2, 0.25) is 5.60 Å². The second-order valence-electron chi connectivity index (χ2n) is 12.5. The fraction of sp³-hybridized carbons (Fsp3) is 0.500. The Bertz CT molecular complexity index is 1610. The van der Waals surface area contributed by atoms with Crippen molar-refractivity contribution in [3.8, 4) is 6.07 Å². The van der Waals surface area contributed by atoms with Gasteiger partial charge in [-0.1, -0.05) is 12.1 Å². The van der Waals surface area contributed by atoms with Crippen LogP contribution in [0.3, 0.4) is 0 Å². The van der Waals surface area contributed by atoms with E-state index < -0.39 is 65.3 Å². The van der Waals surface area contributed by atoms with E-state index in [9.17, 15) is 24.3 Å². The predicted molar refractivity (Wildman–Crippen MR) is 153 cm³/mol. The maximum atomic E-state index is 13.9. The van der Waals surface area contributed by atoms with Gasteiger partial charge in [-0.25, -0.2) is 18.7 Å². The molecule has 3 aromatic rings. The summed E-state index contributed by atoms with van der Waals surface area (Å²) < 4.78 is 38.5. The second-order valence-corrected chi connectivity index (χ2v) is 12.5. The molecule has 234 valence electrons. The first-order valence-corrected chi connectivity index (χ1v) is 14.1. The monoisotopic (exact) mass is 610 g/mol. The molecule has 2 aliphatic heterocycles. The van der Waals surface area contributed by atoms with Gasteiger partial charge in [0.05, 0.1) is 12.3 Å². The lowest BCUT2D eigenvalue weighted by molar-refractivity contribution is -0.204. The lowest BCUT2D eigenvalue weighted by Crippen LogP contribution is -2.57. The first-order valence-electron chi connectivity index (χ1n) is 14.1. The number of halogens is 1. The maximum Gasteiger partial charge on any atom is 0.408 e. The van der Waals surface area contributed by atoms with E-state index in [2.05, 4.69) is 26.8 Å².